The summed E-state index contributed by atoms with van der Waals surface area (Å²) in [6.45, 7) is 5.10. The van der Waals surface area contributed by atoms with Crippen molar-refractivity contribution < 1.29 is 4.74 Å². The highest BCUT2D eigenvalue weighted by Crippen LogP contribution is 2.26. The fourth-order valence-electron chi connectivity index (χ4n) is 2.22. The fourth-order valence-corrected chi connectivity index (χ4v) is 2.22. The molecule has 0 aliphatic carbocycles. The van der Waals surface area contributed by atoms with Gasteiger partial charge in [-0.05, 0) is 19.8 Å². The Balaban J connectivity index is 1.85. The summed E-state index contributed by atoms with van der Waals surface area (Å²) in [7, 11) is 0. The van der Waals surface area contributed by atoms with Crippen molar-refractivity contribution in [1.82, 2.24) is 4.90 Å². The van der Waals surface area contributed by atoms with Crippen molar-refractivity contribution in [1.29, 1.82) is 0 Å². The summed E-state index contributed by atoms with van der Waals surface area (Å²) in [5.41, 5.74) is 5.64. The maximum Gasteiger partial charge on any atom is 0.0626 e. The van der Waals surface area contributed by atoms with Crippen LogP contribution in [0.25, 0.3) is 0 Å². The summed E-state index contributed by atoms with van der Waals surface area (Å²) in [6, 6.07) is 1.30. The standard InChI is InChI=1S/C9H18N2O/c1-7-4-9(6-12-7)11-3-2-8(11)5-10/h7-9H,2-6,10H2,1H3. The second-order valence-corrected chi connectivity index (χ2v) is 3.95. The lowest BCUT2D eigenvalue weighted by Gasteiger charge is -2.44. The molecule has 2 heterocycles. The van der Waals surface area contributed by atoms with Gasteiger partial charge in [0.15, 0.2) is 0 Å². The van der Waals surface area contributed by atoms with Crippen LogP contribution >= 0.6 is 0 Å². The fraction of sp³-hybridized carbons (Fsp3) is 1.00. The topological polar surface area (TPSA) is 38.5 Å². The van der Waals surface area contributed by atoms with Crippen molar-refractivity contribution in [3.05, 3.63) is 0 Å². The van der Waals surface area contributed by atoms with E-state index in [4.69, 9.17) is 10.5 Å². The molecule has 2 aliphatic rings. The lowest BCUT2D eigenvalue weighted by Crippen LogP contribution is -2.56. The van der Waals surface area contributed by atoms with Gasteiger partial charge in [0.05, 0.1) is 12.7 Å². The van der Waals surface area contributed by atoms with Gasteiger partial charge in [0.2, 0.25) is 0 Å². The summed E-state index contributed by atoms with van der Waals surface area (Å²) in [5.74, 6) is 0. The minimum Gasteiger partial charge on any atom is -0.377 e. The van der Waals surface area contributed by atoms with Gasteiger partial charge in [-0.1, -0.05) is 0 Å². The van der Waals surface area contributed by atoms with Crippen molar-refractivity contribution in [3.8, 4) is 0 Å². The first-order chi connectivity index (χ1) is 5.81. The summed E-state index contributed by atoms with van der Waals surface area (Å²) in [6.07, 6.45) is 2.92. The van der Waals surface area contributed by atoms with Gasteiger partial charge in [-0.25, -0.2) is 0 Å². The molecule has 0 radical (unpaired) electrons. The molecule has 3 nitrogen and oxygen atoms in total. The molecule has 0 spiro atoms. The lowest BCUT2D eigenvalue weighted by atomic mass is 9.98. The van der Waals surface area contributed by atoms with Gasteiger partial charge in [0, 0.05) is 25.2 Å². The van der Waals surface area contributed by atoms with Crippen LogP contribution in [0.15, 0.2) is 0 Å². The van der Waals surface area contributed by atoms with Gasteiger partial charge in [-0.15, -0.1) is 0 Å². The van der Waals surface area contributed by atoms with Crippen LogP contribution in [-0.4, -0.2) is 42.8 Å². The first-order valence-corrected chi connectivity index (χ1v) is 4.88. The zero-order valence-corrected chi connectivity index (χ0v) is 7.70. The summed E-state index contributed by atoms with van der Waals surface area (Å²) in [4.78, 5) is 2.50. The van der Waals surface area contributed by atoms with Crippen molar-refractivity contribution >= 4 is 0 Å². The zero-order valence-electron chi connectivity index (χ0n) is 7.70. The Morgan fingerprint density at radius 2 is 2.42 bits per heavy atom. The largest absolute Gasteiger partial charge is 0.377 e. The number of likely N-dealkylation sites (tertiary alicyclic amines) is 1. The molecule has 0 amide bonds. The quantitative estimate of drug-likeness (QED) is 0.643. The summed E-state index contributed by atoms with van der Waals surface area (Å²) < 4.78 is 5.53. The van der Waals surface area contributed by atoms with Crippen LogP contribution in [0.5, 0.6) is 0 Å². The second kappa shape index (κ2) is 3.32. The van der Waals surface area contributed by atoms with Gasteiger partial charge in [0.25, 0.3) is 0 Å². The van der Waals surface area contributed by atoms with Crippen LogP contribution in [0.3, 0.4) is 0 Å². The number of ether oxygens (including phenoxy) is 1. The number of rotatable bonds is 2. The van der Waals surface area contributed by atoms with E-state index in [9.17, 15) is 0 Å². The Bertz CT molecular complexity index is 161. The summed E-state index contributed by atoms with van der Waals surface area (Å²) in [5, 5.41) is 0. The molecule has 3 atom stereocenters. The number of nitrogens with zero attached hydrogens (tertiary/aromatic N) is 1. The van der Waals surface area contributed by atoms with Crippen molar-refractivity contribution in [2.75, 3.05) is 19.7 Å². The molecule has 3 heteroatoms. The Kier molecular flexibility index (Phi) is 2.35. The minimum absolute atomic E-state index is 0.453. The van der Waals surface area contributed by atoms with E-state index in [1.54, 1.807) is 0 Å². The Morgan fingerprint density at radius 1 is 1.58 bits per heavy atom. The third-order valence-electron chi connectivity index (χ3n) is 3.11. The van der Waals surface area contributed by atoms with Crippen molar-refractivity contribution in [3.63, 3.8) is 0 Å². The molecule has 12 heavy (non-hydrogen) atoms. The van der Waals surface area contributed by atoms with Crippen LogP contribution < -0.4 is 5.73 Å². The van der Waals surface area contributed by atoms with Crippen LogP contribution in [0.1, 0.15) is 19.8 Å². The molecular weight excluding hydrogens is 152 g/mol. The molecule has 2 fully saturated rings. The third kappa shape index (κ3) is 1.37. The van der Waals surface area contributed by atoms with Gasteiger partial charge in [0.1, 0.15) is 0 Å². The highest BCUT2D eigenvalue weighted by Gasteiger charge is 2.36. The normalized spacial score (nSPS) is 43.0. The molecule has 2 aliphatic heterocycles. The average molecular weight is 170 g/mol. The van der Waals surface area contributed by atoms with E-state index in [-0.39, 0.29) is 0 Å². The molecule has 2 rings (SSSR count). The number of hydrogen-bond donors (Lipinski definition) is 1. The number of nitrogens with two attached hydrogens (primary N) is 1. The Hall–Kier alpha value is -0.120. The first kappa shape index (κ1) is 8.48. The molecule has 0 saturated carbocycles. The van der Waals surface area contributed by atoms with Gasteiger partial charge in [-0.3, -0.25) is 4.90 Å². The SMILES string of the molecule is CC1CC(N2CCC2CN)CO1. The predicted octanol–water partition coefficient (Wildman–Crippen LogP) is 0.197. The third-order valence-corrected chi connectivity index (χ3v) is 3.11. The monoisotopic (exact) mass is 170 g/mol. The molecular formula is C9H18N2O. The van der Waals surface area contributed by atoms with Gasteiger partial charge in [-0.2, -0.15) is 0 Å². The van der Waals surface area contributed by atoms with Gasteiger partial charge >= 0.3 is 0 Å². The first-order valence-electron chi connectivity index (χ1n) is 4.88. The van der Waals surface area contributed by atoms with Crippen LogP contribution in [0.4, 0.5) is 0 Å². The maximum atomic E-state index is 5.64. The predicted molar refractivity (Wildman–Crippen MR) is 48.0 cm³/mol. The molecule has 3 unspecified atom stereocenters. The smallest absolute Gasteiger partial charge is 0.0626 e. The van der Waals surface area contributed by atoms with E-state index in [0.29, 0.717) is 18.2 Å². The average Bonchev–Trinajstić information content (AvgIpc) is 2.35. The van der Waals surface area contributed by atoms with Crippen LogP contribution in [0.2, 0.25) is 0 Å². The van der Waals surface area contributed by atoms with E-state index in [1.165, 1.54) is 19.4 Å². The maximum absolute atomic E-state index is 5.64. The molecule has 0 aromatic heterocycles. The second-order valence-electron chi connectivity index (χ2n) is 3.95. The summed E-state index contributed by atoms with van der Waals surface area (Å²) >= 11 is 0. The molecule has 0 aromatic rings. The van der Waals surface area contributed by atoms with E-state index in [1.807, 2.05) is 0 Å². The molecule has 2 saturated heterocycles. The van der Waals surface area contributed by atoms with Crippen LogP contribution in [-0.2, 0) is 4.74 Å². The molecule has 0 bridgehead atoms. The van der Waals surface area contributed by atoms with Crippen LogP contribution in [0, 0.1) is 0 Å². The van der Waals surface area contributed by atoms with Crippen molar-refractivity contribution in [2.45, 2.75) is 38.0 Å². The van der Waals surface area contributed by atoms with E-state index in [0.717, 1.165) is 13.2 Å². The van der Waals surface area contributed by atoms with E-state index >= 15 is 0 Å². The van der Waals surface area contributed by atoms with E-state index < -0.39 is 0 Å². The Labute approximate surface area is 73.9 Å². The van der Waals surface area contributed by atoms with Crippen molar-refractivity contribution in [2.24, 2.45) is 5.73 Å². The molecule has 0 aromatic carbocycles. The zero-order chi connectivity index (χ0) is 8.55. The highest BCUT2D eigenvalue weighted by molar-refractivity contribution is 4.91. The van der Waals surface area contributed by atoms with E-state index in [2.05, 4.69) is 11.8 Å². The Morgan fingerprint density at radius 3 is 2.83 bits per heavy atom. The molecule has 70 valence electrons. The van der Waals surface area contributed by atoms with Gasteiger partial charge < -0.3 is 10.5 Å². The highest BCUT2D eigenvalue weighted by atomic mass is 16.5. The number of hydrogen-bond acceptors (Lipinski definition) is 3. The molecule has 2 N–H and O–H groups in total. The minimum atomic E-state index is 0.453. The lowest BCUT2D eigenvalue weighted by molar-refractivity contribution is 0.0364.